The van der Waals surface area contributed by atoms with Crippen LogP contribution in [0.1, 0.15) is 42.7 Å². The van der Waals surface area contributed by atoms with Crippen molar-refractivity contribution in [3.8, 4) is 67.8 Å². The zero-order chi connectivity index (χ0) is 47.7. The van der Waals surface area contributed by atoms with Gasteiger partial charge in [-0.05, 0) is 113 Å². The first-order valence-corrected chi connectivity index (χ1v) is 24.9. The molecule has 0 atom stereocenters. The Morgan fingerprint density at radius 1 is 0.431 bits per heavy atom. The first-order valence-electron chi connectivity index (χ1n) is 24.9. The van der Waals surface area contributed by atoms with Crippen molar-refractivity contribution < 1.29 is 4.42 Å². The molecule has 0 N–H and O–H groups in total. The third-order valence-electron chi connectivity index (χ3n) is 15.4. The third kappa shape index (κ3) is 6.05. The normalized spacial score (nSPS) is 13.6. The standard InChI is InChI=1S/C66H45N5O/c1-66(2)54-27-12-9-23-46(54)50-38-53-52-37-43(42-32-34-58-51(36-42)47-24-10-13-28-56(47)71(58)59-29-16-26-49-48-25-11-14-30-61(48)72-62(49)59)31-33-57(52)70(60(53)39-55(50)66)45-22-15-21-44(35-45)65-68-63(40-17-5-3-6-18-40)67-64(69-65)41-19-7-4-8-20-41/h3-10,12-24,26-39H,11,25H2,1-2H3. The number of fused-ring (bicyclic) bond motifs is 12. The zero-order valence-corrected chi connectivity index (χ0v) is 39.8. The summed E-state index contributed by atoms with van der Waals surface area (Å²) in [5.74, 6) is 2.88. The van der Waals surface area contributed by atoms with Crippen molar-refractivity contribution >= 4 is 60.7 Å². The van der Waals surface area contributed by atoms with Gasteiger partial charge in [0.1, 0.15) is 5.76 Å². The van der Waals surface area contributed by atoms with E-state index >= 15 is 0 Å². The van der Waals surface area contributed by atoms with Crippen molar-refractivity contribution in [2.75, 3.05) is 0 Å². The second-order valence-electron chi connectivity index (χ2n) is 19.9. The molecular formula is C66H45N5O. The van der Waals surface area contributed by atoms with Crippen LogP contribution in [-0.4, -0.2) is 24.1 Å². The SMILES string of the molecule is CC1(C)c2ccccc2-c2cc3c4cc(-c5ccc6c(c5)c5ccccc5n6-c5cccc6c7c(oc56)C=CCC7)ccc4n(-c4cccc(-c5nc(-c6ccccc6)nc(-c6ccccc6)n5)c4)c3cc21. The Kier molecular flexibility index (Phi) is 8.73. The van der Waals surface area contributed by atoms with Gasteiger partial charge in [-0.2, -0.15) is 0 Å². The summed E-state index contributed by atoms with van der Waals surface area (Å²) in [5, 5.41) is 6.02. The smallest absolute Gasteiger partial charge is 0.164 e. The van der Waals surface area contributed by atoms with Crippen molar-refractivity contribution in [2.45, 2.75) is 32.1 Å². The van der Waals surface area contributed by atoms with Gasteiger partial charge in [-0.25, -0.2) is 15.0 Å². The molecule has 9 aromatic carbocycles. The molecule has 15 rings (SSSR count). The molecule has 340 valence electrons. The summed E-state index contributed by atoms with van der Waals surface area (Å²) in [5.41, 5.74) is 19.2. The lowest BCUT2D eigenvalue weighted by Gasteiger charge is -2.21. The van der Waals surface area contributed by atoms with Crippen LogP contribution in [-0.2, 0) is 11.8 Å². The van der Waals surface area contributed by atoms with E-state index in [9.17, 15) is 0 Å². The van der Waals surface area contributed by atoms with Crippen molar-refractivity contribution in [2.24, 2.45) is 0 Å². The Balaban J connectivity index is 0.922. The Hall–Kier alpha value is -9.13. The summed E-state index contributed by atoms with van der Waals surface area (Å²) in [6, 6.07) is 72.2. The number of rotatable bonds is 6. The van der Waals surface area contributed by atoms with E-state index in [2.05, 4.69) is 199 Å². The molecule has 2 aliphatic rings. The number of para-hydroxylation sites is 2. The summed E-state index contributed by atoms with van der Waals surface area (Å²) >= 11 is 0. The lowest BCUT2D eigenvalue weighted by molar-refractivity contribution is 0.594. The Morgan fingerprint density at radius 2 is 1.03 bits per heavy atom. The molecule has 0 bridgehead atoms. The summed E-state index contributed by atoms with van der Waals surface area (Å²) in [4.78, 5) is 15.2. The summed E-state index contributed by atoms with van der Waals surface area (Å²) in [6.07, 6.45) is 6.38. The molecular weight excluding hydrogens is 879 g/mol. The number of hydrogen-bond acceptors (Lipinski definition) is 4. The molecule has 13 aromatic rings. The maximum Gasteiger partial charge on any atom is 0.164 e. The first kappa shape index (κ1) is 40.7. The van der Waals surface area contributed by atoms with E-state index in [4.69, 9.17) is 19.4 Å². The van der Waals surface area contributed by atoms with Gasteiger partial charge in [-0.1, -0.05) is 159 Å². The number of hydrogen-bond donors (Lipinski definition) is 0. The number of furan rings is 1. The van der Waals surface area contributed by atoms with Crippen LogP contribution >= 0.6 is 0 Å². The fourth-order valence-electron chi connectivity index (χ4n) is 12.0. The van der Waals surface area contributed by atoms with Gasteiger partial charge in [-0.3, -0.25) is 0 Å². The van der Waals surface area contributed by atoms with Crippen molar-refractivity contribution in [3.63, 3.8) is 0 Å². The lowest BCUT2D eigenvalue weighted by atomic mass is 9.82. The van der Waals surface area contributed by atoms with E-state index in [0.29, 0.717) is 17.5 Å². The fourth-order valence-corrected chi connectivity index (χ4v) is 12.0. The Morgan fingerprint density at radius 3 is 1.79 bits per heavy atom. The maximum absolute atomic E-state index is 6.66. The van der Waals surface area contributed by atoms with Gasteiger partial charge >= 0.3 is 0 Å². The highest BCUT2D eigenvalue weighted by Gasteiger charge is 2.36. The van der Waals surface area contributed by atoms with Crippen LogP contribution in [0.15, 0.2) is 211 Å². The van der Waals surface area contributed by atoms with Gasteiger partial charge in [0.15, 0.2) is 23.1 Å². The van der Waals surface area contributed by atoms with E-state index in [1.54, 1.807) is 0 Å². The predicted octanol–water partition coefficient (Wildman–Crippen LogP) is 16.7. The molecule has 4 aromatic heterocycles. The van der Waals surface area contributed by atoms with Crippen LogP contribution in [0, 0.1) is 0 Å². The molecule has 0 radical (unpaired) electrons. The summed E-state index contributed by atoms with van der Waals surface area (Å²) < 4.78 is 11.5. The molecule has 0 unspecified atom stereocenters. The Labute approximate surface area is 415 Å². The minimum atomic E-state index is -0.172. The number of allylic oxidation sites excluding steroid dienone is 1. The maximum atomic E-state index is 6.66. The summed E-state index contributed by atoms with van der Waals surface area (Å²) in [7, 11) is 0. The van der Waals surface area contributed by atoms with E-state index < -0.39 is 0 Å². The van der Waals surface area contributed by atoms with Crippen LogP contribution in [0.3, 0.4) is 0 Å². The fraction of sp³-hybridized carbons (Fsp3) is 0.0758. The van der Waals surface area contributed by atoms with Crippen LogP contribution in [0.2, 0.25) is 0 Å². The highest BCUT2D eigenvalue weighted by atomic mass is 16.3. The van der Waals surface area contributed by atoms with Crippen LogP contribution in [0.4, 0.5) is 0 Å². The molecule has 72 heavy (non-hydrogen) atoms. The zero-order valence-electron chi connectivity index (χ0n) is 39.8. The average molecular weight is 924 g/mol. The van der Waals surface area contributed by atoms with E-state index in [1.165, 1.54) is 54.7 Å². The highest BCUT2D eigenvalue weighted by molar-refractivity contribution is 6.14. The molecule has 0 spiro atoms. The van der Waals surface area contributed by atoms with Crippen molar-refractivity contribution in [3.05, 3.63) is 229 Å². The molecule has 6 heteroatoms. The number of nitrogens with zero attached hydrogens (tertiary/aromatic N) is 5. The van der Waals surface area contributed by atoms with Gasteiger partial charge in [-0.15, -0.1) is 0 Å². The largest absolute Gasteiger partial charge is 0.454 e. The first-order chi connectivity index (χ1) is 35.4. The monoisotopic (exact) mass is 923 g/mol. The van der Waals surface area contributed by atoms with Gasteiger partial charge in [0.2, 0.25) is 0 Å². The number of aromatic nitrogens is 5. The number of benzene rings is 9. The predicted molar refractivity (Wildman–Crippen MR) is 295 cm³/mol. The second-order valence-corrected chi connectivity index (χ2v) is 19.9. The van der Waals surface area contributed by atoms with Crippen LogP contribution < -0.4 is 0 Å². The van der Waals surface area contributed by atoms with Gasteiger partial charge in [0, 0.05) is 60.3 Å². The van der Waals surface area contributed by atoms with Crippen LogP contribution in [0.25, 0.3) is 128 Å². The van der Waals surface area contributed by atoms with Gasteiger partial charge in [0.25, 0.3) is 0 Å². The summed E-state index contributed by atoms with van der Waals surface area (Å²) in [6.45, 7) is 4.72. The molecule has 0 saturated heterocycles. The van der Waals surface area contributed by atoms with Crippen molar-refractivity contribution in [1.82, 2.24) is 24.1 Å². The minimum Gasteiger partial charge on any atom is -0.454 e. The van der Waals surface area contributed by atoms with Crippen LogP contribution in [0.5, 0.6) is 0 Å². The molecule has 2 aliphatic carbocycles. The van der Waals surface area contributed by atoms with Gasteiger partial charge in [0.05, 0.1) is 27.8 Å². The second kappa shape index (κ2) is 15.4. The average Bonchev–Trinajstić information content (AvgIpc) is 4.15. The van der Waals surface area contributed by atoms with E-state index in [-0.39, 0.29) is 5.41 Å². The Bertz CT molecular complexity index is 4360. The van der Waals surface area contributed by atoms with Gasteiger partial charge < -0.3 is 13.6 Å². The lowest BCUT2D eigenvalue weighted by Crippen LogP contribution is -2.14. The quantitative estimate of drug-likeness (QED) is 0.167. The van der Waals surface area contributed by atoms with E-state index in [1.807, 2.05) is 36.4 Å². The van der Waals surface area contributed by atoms with E-state index in [0.717, 1.165) is 85.4 Å². The molecule has 0 fully saturated rings. The number of aryl methyl sites for hydroxylation is 1. The molecule has 4 heterocycles. The topological polar surface area (TPSA) is 61.7 Å². The molecule has 0 aliphatic heterocycles. The molecule has 0 saturated carbocycles. The molecule has 0 amide bonds. The van der Waals surface area contributed by atoms with Crippen molar-refractivity contribution in [1.29, 1.82) is 0 Å². The third-order valence-corrected chi connectivity index (χ3v) is 15.4. The highest BCUT2D eigenvalue weighted by Crippen LogP contribution is 2.51. The molecule has 6 nitrogen and oxygen atoms in total. The minimum absolute atomic E-state index is 0.172.